The van der Waals surface area contributed by atoms with Crippen molar-refractivity contribution in [1.82, 2.24) is 10.3 Å². The van der Waals surface area contributed by atoms with Gasteiger partial charge in [-0.15, -0.1) is 0 Å². The van der Waals surface area contributed by atoms with Crippen molar-refractivity contribution in [1.29, 1.82) is 0 Å². The van der Waals surface area contributed by atoms with Crippen molar-refractivity contribution in [2.75, 3.05) is 25.0 Å². The average molecular weight is 233 g/mol. The molecule has 1 aliphatic heterocycles. The zero-order valence-electron chi connectivity index (χ0n) is 10.4. The summed E-state index contributed by atoms with van der Waals surface area (Å²) < 4.78 is 0. The highest BCUT2D eigenvalue weighted by Gasteiger charge is 2.30. The van der Waals surface area contributed by atoms with E-state index in [1.165, 1.54) is 0 Å². The fourth-order valence-corrected chi connectivity index (χ4v) is 2.29. The highest BCUT2D eigenvalue weighted by molar-refractivity contribution is 5.93. The summed E-state index contributed by atoms with van der Waals surface area (Å²) in [7, 11) is 1.80. The van der Waals surface area contributed by atoms with Crippen molar-refractivity contribution >= 4 is 11.7 Å². The van der Waals surface area contributed by atoms with Gasteiger partial charge < -0.3 is 5.32 Å². The SMILES string of the molecule is CC1CNCCC1C(=O)N(C)c1ccccn1. The molecule has 1 saturated heterocycles. The number of carbonyl (C=O) groups is 1. The quantitative estimate of drug-likeness (QED) is 0.837. The number of amides is 1. The summed E-state index contributed by atoms with van der Waals surface area (Å²) in [5.74, 6) is 1.41. The third-order valence-corrected chi connectivity index (χ3v) is 3.43. The molecule has 4 heteroatoms. The first-order chi connectivity index (χ1) is 8.20. The molecule has 0 radical (unpaired) electrons. The number of aromatic nitrogens is 1. The molecule has 2 heterocycles. The van der Waals surface area contributed by atoms with Gasteiger partial charge in [0.1, 0.15) is 5.82 Å². The molecule has 2 rings (SSSR count). The van der Waals surface area contributed by atoms with E-state index in [0.717, 1.165) is 25.3 Å². The van der Waals surface area contributed by atoms with Crippen LogP contribution in [-0.4, -0.2) is 31.0 Å². The standard InChI is InChI=1S/C13H19N3O/c1-10-9-14-8-6-11(10)13(17)16(2)12-5-3-4-7-15-12/h3-5,7,10-11,14H,6,8-9H2,1-2H3. The smallest absolute Gasteiger partial charge is 0.231 e. The van der Waals surface area contributed by atoms with Gasteiger partial charge in [0, 0.05) is 19.2 Å². The highest BCUT2D eigenvalue weighted by Crippen LogP contribution is 2.22. The van der Waals surface area contributed by atoms with E-state index in [2.05, 4.69) is 17.2 Å². The Bertz CT molecular complexity index is 380. The summed E-state index contributed by atoms with van der Waals surface area (Å²) in [5.41, 5.74) is 0. The van der Waals surface area contributed by atoms with Gasteiger partial charge in [-0.2, -0.15) is 0 Å². The lowest BCUT2D eigenvalue weighted by molar-refractivity contribution is -0.124. The highest BCUT2D eigenvalue weighted by atomic mass is 16.2. The van der Waals surface area contributed by atoms with Gasteiger partial charge in [0.05, 0.1) is 0 Å². The minimum atomic E-state index is 0.114. The molecule has 1 N–H and O–H groups in total. The molecule has 92 valence electrons. The molecule has 17 heavy (non-hydrogen) atoms. The Morgan fingerprint density at radius 1 is 1.53 bits per heavy atom. The van der Waals surface area contributed by atoms with Crippen molar-refractivity contribution in [2.45, 2.75) is 13.3 Å². The molecule has 1 aliphatic rings. The first-order valence-electron chi connectivity index (χ1n) is 6.09. The summed E-state index contributed by atoms with van der Waals surface area (Å²) in [4.78, 5) is 18.2. The molecular weight excluding hydrogens is 214 g/mol. The van der Waals surface area contributed by atoms with Crippen LogP contribution in [0, 0.1) is 11.8 Å². The van der Waals surface area contributed by atoms with Gasteiger partial charge in [-0.1, -0.05) is 13.0 Å². The van der Waals surface area contributed by atoms with Crippen molar-refractivity contribution in [3.63, 3.8) is 0 Å². The number of rotatable bonds is 2. The maximum absolute atomic E-state index is 12.4. The maximum atomic E-state index is 12.4. The fraction of sp³-hybridized carbons (Fsp3) is 0.538. The van der Waals surface area contributed by atoms with Crippen LogP contribution in [0.3, 0.4) is 0 Å². The third-order valence-electron chi connectivity index (χ3n) is 3.43. The Morgan fingerprint density at radius 2 is 2.35 bits per heavy atom. The van der Waals surface area contributed by atoms with Gasteiger partial charge in [-0.3, -0.25) is 9.69 Å². The van der Waals surface area contributed by atoms with Crippen molar-refractivity contribution in [3.8, 4) is 0 Å². The molecule has 4 nitrogen and oxygen atoms in total. The summed E-state index contributed by atoms with van der Waals surface area (Å²) in [6.07, 6.45) is 2.63. The number of hydrogen-bond donors (Lipinski definition) is 1. The van der Waals surface area contributed by atoms with Crippen LogP contribution in [0.1, 0.15) is 13.3 Å². The zero-order valence-corrected chi connectivity index (χ0v) is 10.4. The molecule has 0 saturated carbocycles. The first kappa shape index (κ1) is 12.0. The van der Waals surface area contributed by atoms with Crippen LogP contribution in [0.2, 0.25) is 0 Å². The molecule has 1 aromatic heterocycles. The molecule has 2 unspecified atom stereocenters. The third kappa shape index (κ3) is 2.64. The largest absolute Gasteiger partial charge is 0.316 e. The lowest BCUT2D eigenvalue weighted by Gasteiger charge is -2.31. The van der Waals surface area contributed by atoms with Crippen molar-refractivity contribution in [3.05, 3.63) is 24.4 Å². The normalized spacial score (nSPS) is 24.4. The predicted molar refractivity (Wildman–Crippen MR) is 67.8 cm³/mol. The topological polar surface area (TPSA) is 45.2 Å². The fourth-order valence-electron chi connectivity index (χ4n) is 2.29. The van der Waals surface area contributed by atoms with Crippen LogP contribution in [0.5, 0.6) is 0 Å². The molecule has 0 aromatic carbocycles. The molecule has 1 amide bonds. The first-order valence-corrected chi connectivity index (χ1v) is 6.09. The Kier molecular flexibility index (Phi) is 3.74. The molecule has 2 atom stereocenters. The van der Waals surface area contributed by atoms with E-state index in [1.54, 1.807) is 18.1 Å². The van der Waals surface area contributed by atoms with Crippen LogP contribution < -0.4 is 10.2 Å². The second-order valence-electron chi connectivity index (χ2n) is 4.66. The van der Waals surface area contributed by atoms with E-state index >= 15 is 0 Å². The summed E-state index contributed by atoms with van der Waals surface area (Å²) in [5, 5.41) is 3.31. The Balaban J connectivity index is 2.09. The average Bonchev–Trinajstić information content (AvgIpc) is 2.39. The Morgan fingerprint density at radius 3 is 3.00 bits per heavy atom. The van der Waals surface area contributed by atoms with Crippen LogP contribution >= 0.6 is 0 Å². The van der Waals surface area contributed by atoms with E-state index in [0.29, 0.717) is 5.92 Å². The summed E-state index contributed by atoms with van der Waals surface area (Å²) in [6, 6.07) is 5.62. The van der Waals surface area contributed by atoms with Crippen LogP contribution in [0.4, 0.5) is 5.82 Å². The van der Waals surface area contributed by atoms with Crippen LogP contribution in [0.25, 0.3) is 0 Å². The van der Waals surface area contributed by atoms with E-state index in [-0.39, 0.29) is 11.8 Å². The van der Waals surface area contributed by atoms with Crippen molar-refractivity contribution in [2.24, 2.45) is 11.8 Å². The van der Waals surface area contributed by atoms with E-state index in [9.17, 15) is 4.79 Å². The van der Waals surface area contributed by atoms with Gasteiger partial charge >= 0.3 is 0 Å². The Labute approximate surface area is 102 Å². The monoisotopic (exact) mass is 233 g/mol. The summed E-state index contributed by atoms with van der Waals surface area (Å²) in [6.45, 7) is 3.98. The molecule has 1 aromatic rings. The number of carbonyl (C=O) groups excluding carboxylic acids is 1. The number of piperidine rings is 1. The number of nitrogens with zero attached hydrogens (tertiary/aromatic N) is 2. The van der Waals surface area contributed by atoms with E-state index < -0.39 is 0 Å². The van der Waals surface area contributed by atoms with Gasteiger partial charge in [-0.25, -0.2) is 4.98 Å². The predicted octanol–water partition coefficient (Wildman–Crippen LogP) is 1.29. The number of anilines is 1. The van der Waals surface area contributed by atoms with E-state index in [1.807, 2.05) is 18.2 Å². The van der Waals surface area contributed by atoms with E-state index in [4.69, 9.17) is 0 Å². The zero-order chi connectivity index (χ0) is 12.3. The minimum Gasteiger partial charge on any atom is -0.316 e. The minimum absolute atomic E-state index is 0.114. The molecule has 0 bridgehead atoms. The molecule has 0 spiro atoms. The number of hydrogen-bond acceptors (Lipinski definition) is 3. The second kappa shape index (κ2) is 5.27. The second-order valence-corrected chi connectivity index (χ2v) is 4.66. The number of nitrogens with one attached hydrogen (secondary N) is 1. The number of pyridine rings is 1. The Hall–Kier alpha value is -1.42. The van der Waals surface area contributed by atoms with Gasteiger partial charge in [0.25, 0.3) is 0 Å². The molecule has 1 fully saturated rings. The van der Waals surface area contributed by atoms with Gasteiger partial charge in [0.15, 0.2) is 0 Å². The molecular formula is C13H19N3O. The lowest BCUT2D eigenvalue weighted by Crippen LogP contribution is -2.44. The van der Waals surface area contributed by atoms with Crippen molar-refractivity contribution < 1.29 is 4.79 Å². The van der Waals surface area contributed by atoms with Gasteiger partial charge in [-0.05, 0) is 37.6 Å². The van der Waals surface area contributed by atoms with Crippen LogP contribution in [0.15, 0.2) is 24.4 Å². The van der Waals surface area contributed by atoms with Crippen LogP contribution in [-0.2, 0) is 4.79 Å². The maximum Gasteiger partial charge on any atom is 0.231 e. The molecule has 0 aliphatic carbocycles. The lowest BCUT2D eigenvalue weighted by atomic mass is 9.87. The van der Waals surface area contributed by atoms with Gasteiger partial charge in [0.2, 0.25) is 5.91 Å². The summed E-state index contributed by atoms with van der Waals surface area (Å²) >= 11 is 0.